The van der Waals surface area contributed by atoms with Crippen molar-refractivity contribution >= 4 is 32.8 Å². The fraction of sp³-hybridized carbons (Fsp3) is 0.167. The minimum absolute atomic E-state index is 0.0538. The van der Waals surface area contributed by atoms with Crippen LogP contribution in [0.25, 0.3) is 44.3 Å². The Morgan fingerprint density at radius 3 is 2.26 bits per heavy atom. The number of rotatable bonds is 4. The zero-order chi connectivity index (χ0) is 29.2. The second-order valence-electron chi connectivity index (χ2n) is 11.9. The van der Waals surface area contributed by atoms with Gasteiger partial charge in [-0.05, 0) is 29.5 Å². The molecule has 42 heavy (non-hydrogen) atoms. The molecule has 0 spiro atoms. The second kappa shape index (κ2) is 9.96. The molecule has 0 atom stereocenters. The number of imidazole rings is 1. The topological polar surface area (TPSA) is 36.9 Å². The Balaban J connectivity index is 1.36. The molecule has 0 unspecified atom stereocenters. The Labute approximate surface area is 256 Å². The van der Waals surface area contributed by atoms with Crippen molar-refractivity contribution in [2.45, 2.75) is 33.1 Å². The van der Waals surface area contributed by atoms with Crippen molar-refractivity contribution in [1.29, 1.82) is 0 Å². The number of aryl methyl sites for hydroxylation is 2. The van der Waals surface area contributed by atoms with Gasteiger partial charge in [-0.2, -0.15) is 0 Å². The van der Waals surface area contributed by atoms with Crippen LogP contribution in [0.5, 0.6) is 11.5 Å². The normalized spacial score (nSPS) is 12.1. The quantitative estimate of drug-likeness (QED) is 0.181. The Hall–Kier alpha value is -4.21. The number of para-hydroxylation sites is 2. The van der Waals surface area contributed by atoms with Crippen LogP contribution in [-0.4, -0.2) is 18.7 Å². The van der Waals surface area contributed by atoms with Gasteiger partial charge >= 0.3 is 194 Å². The van der Waals surface area contributed by atoms with E-state index in [0.29, 0.717) is 0 Å². The van der Waals surface area contributed by atoms with E-state index in [2.05, 4.69) is 153 Å². The predicted octanol–water partition coefficient (Wildman–Crippen LogP) is 8.94. The summed E-state index contributed by atoms with van der Waals surface area (Å²) in [5.74, 6) is 2.47. The molecule has 3 aromatic heterocycles. The fourth-order valence-corrected chi connectivity index (χ4v) is 6.59. The average Bonchev–Trinajstić information content (AvgIpc) is 3.43. The van der Waals surface area contributed by atoms with Gasteiger partial charge in [0.05, 0.1) is 0 Å². The first-order valence-corrected chi connectivity index (χ1v) is 15.2. The van der Waals surface area contributed by atoms with E-state index in [0.717, 1.165) is 43.4 Å². The van der Waals surface area contributed by atoms with Crippen LogP contribution >= 0.6 is 0 Å². The number of aromatic nitrogens is 4. The van der Waals surface area contributed by atoms with E-state index in [1.807, 2.05) is 18.3 Å². The first kappa shape index (κ1) is 26.7. The number of ether oxygens (including phenoxy) is 1. The minimum atomic E-state index is 0.0538. The molecule has 0 aliphatic heterocycles. The third kappa shape index (κ3) is 4.44. The van der Waals surface area contributed by atoms with Crippen LogP contribution in [0, 0.1) is 10.7 Å². The molecule has 0 radical (unpaired) electrons. The first-order chi connectivity index (χ1) is 20.2. The molecule has 6 heteroatoms. The molecular formula is C36H32N4OPt. The third-order valence-corrected chi connectivity index (χ3v) is 9.23. The number of nitrogens with zero attached hydrogens (tertiary/aromatic N) is 4. The first-order valence-electron chi connectivity index (χ1n) is 14.1. The van der Waals surface area contributed by atoms with E-state index in [9.17, 15) is 0 Å². The summed E-state index contributed by atoms with van der Waals surface area (Å²) in [6, 6.07) is 34.1. The van der Waals surface area contributed by atoms with Gasteiger partial charge in [-0.25, -0.2) is 0 Å². The van der Waals surface area contributed by atoms with Gasteiger partial charge in [0, 0.05) is 6.20 Å². The van der Waals surface area contributed by atoms with Crippen LogP contribution in [0.15, 0.2) is 103 Å². The predicted molar refractivity (Wildman–Crippen MR) is 168 cm³/mol. The van der Waals surface area contributed by atoms with Crippen LogP contribution < -0.4 is 4.74 Å². The zero-order valence-corrected chi connectivity index (χ0v) is 26.6. The number of hydrogen-bond donors (Lipinski definition) is 0. The molecule has 0 amide bonds. The number of pyridine rings is 1. The maximum absolute atomic E-state index is 6.54. The van der Waals surface area contributed by atoms with E-state index >= 15 is 0 Å². The molecule has 0 saturated carbocycles. The Kier molecular flexibility index (Phi) is 6.32. The van der Waals surface area contributed by atoms with Gasteiger partial charge in [-0.3, -0.25) is 0 Å². The summed E-state index contributed by atoms with van der Waals surface area (Å²) in [5, 5.41) is 2.40. The molecule has 0 aliphatic rings. The monoisotopic (exact) mass is 731 g/mol. The number of hydrogen-bond acceptors (Lipinski definition) is 2. The number of fused-ring (bicyclic) bond motifs is 4. The van der Waals surface area contributed by atoms with Gasteiger partial charge in [-0.1, -0.05) is 26.8 Å². The Bertz CT molecular complexity index is 2210. The van der Waals surface area contributed by atoms with Crippen molar-refractivity contribution in [3.8, 4) is 23.0 Å². The van der Waals surface area contributed by atoms with Crippen molar-refractivity contribution in [3.63, 3.8) is 0 Å². The summed E-state index contributed by atoms with van der Waals surface area (Å²) in [6.07, 6.45) is 1.88. The molecule has 0 bridgehead atoms. The molecule has 0 saturated heterocycles. The summed E-state index contributed by atoms with van der Waals surface area (Å²) in [6.45, 7) is 8.88. The van der Waals surface area contributed by atoms with Gasteiger partial charge in [0.1, 0.15) is 0 Å². The van der Waals surface area contributed by atoms with E-state index in [4.69, 9.17) is 9.72 Å². The van der Waals surface area contributed by atoms with Crippen LogP contribution in [-0.2, 0) is 31.8 Å². The van der Waals surface area contributed by atoms with Crippen molar-refractivity contribution < 1.29 is 24.1 Å². The van der Waals surface area contributed by atoms with E-state index in [1.54, 1.807) is 0 Å². The van der Waals surface area contributed by atoms with Crippen molar-refractivity contribution in [2.24, 2.45) is 7.05 Å². The third-order valence-electron chi connectivity index (χ3n) is 7.96. The standard InChI is InChI=1S/C36H32N4O.Pt/c1-24-17-18-37-35(19-24)40-31-16-13-25(36(2,3)4)20-30(31)29-15-14-28(22-34(29)40)41-27-10-8-9-26(21-27)39-23-38(5)32-11-6-7-12-33(32)39;/h6-22H,1-5H3;. The summed E-state index contributed by atoms with van der Waals surface area (Å²) in [4.78, 5) is 4.76. The second-order valence-corrected chi connectivity index (χ2v) is 12.9. The molecule has 3 heterocycles. The van der Waals surface area contributed by atoms with E-state index in [-0.39, 0.29) is 5.41 Å². The molecular weight excluding hydrogens is 700 g/mol. The summed E-state index contributed by atoms with van der Waals surface area (Å²) < 4.78 is 14.4. The molecule has 7 rings (SSSR count). The van der Waals surface area contributed by atoms with Crippen LogP contribution in [0.3, 0.4) is 0 Å². The summed E-state index contributed by atoms with van der Waals surface area (Å²) in [7, 11) is 2.10. The van der Waals surface area contributed by atoms with E-state index in [1.165, 1.54) is 27.4 Å². The molecule has 212 valence electrons. The van der Waals surface area contributed by atoms with Crippen molar-refractivity contribution in [3.05, 3.63) is 118 Å². The molecule has 7 aromatic rings. The van der Waals surface area contributed by atoms with Gasteiger partial charge in [-0.15, -0.1) is 0 Å². The molecule has 0 fully saturated rings. The van der Waals surface area contributed by atoms with Gasteiger partial charge in [0.15, 0.2) is 0 Å². The maximum atomic E-state index is 6.54. The molecule has 4 aromatic carbocycles. The average molecular weight is 732 g/mol. The summed E-state index contributed by atoms with van der Waals surface area (Å²) in [5.41, 5.74) is 8.15. The number of benzene rings is 4. The van der Waals surface area contributed by atoms with Crippen LogP contribution in [0.1, 0.15) is 31.9 Å². The van der Waals surface area contributed by atoms with Crippen molar-refractivity contribution in [1.82, 2.24) is 18.7 Å². The summed E-state index contributed by atoms with van der Waals surface area (Å²) >= 11 is 2.39. The van der Waals surface area contributed by atoms with Gasteiger partial charge in [0.25, 0.3) is 0 Å². The fourth-order valence-electron chi connectivity index (χ4n) is 5.75. The van der Waals surface area contributed by atoms with Gasteiger partial charge < -0.3 is 0 Å². The van der Waals surface area contributed by atoms with E-state index < -0.39 is 0 Å². The Morgan fingerprint density at radius 1 is 0.690 bits per heavy atom. The Morgan fingerprint density at radius 2 is 1.48 bits per heavy atom. The van der Waals surface area contributed by atoms with Gasteiger partial charge in [0.2, 0.25) is 0 Å². The van der Waals surface area contributed by atoms with Crippen LogP contribution in [0.2, 0.25) is 0 Å². The molecule has 0 aliphatic carbocycles. The SMILES string of the molecule is Cc1ccnc(-n2c3ccc(C(C)(C)C)cc3c3ccc(Oc4cccc(-n5[c](=[Pt])n(C)c6ccccc65)c4)cc32)c1. The van der Waals surface area contributed by atoms with Crippen LogP contribution in [0.4, 0.5) is 0 Å². The molecule has 5 nitrogen and oxygen atoms in total. The van der Waals surface area contributed by atoms with Crippen molar-refractivity contribution in [2.75, 3.05) is 0 Å². The molecule has 0 N–H and O–H groups in total. The zero-order valence-electron chi connectivity index (χ0n) is 24.3.